The van der Waals surface area contributed by atoms with E-state index in [-0.39, 0.29) is 0 Å². The molecule has 0 aromatic heterocycles. The summed E-state index contributed by atoms with van der Waals surface area (Å²) in [5.74, 6) is -0.288. The second-order valence-corrected chi connectivity index (χ2v) is 7.55. The molecule has 4 heteroatoms. The van der Waals surface area contributed by atoms with Crippen LogP contribution in [0.2, 0.25) is 0 Å². The van der Waals surface area contributed by atoms with E-state index in [1.807, 2.05) is 30.3 Å². The van der Waals surface area contributed by atoms with Crippen LogP contribution in [0.4, 0.5) is 5.69 Å². The van der Waals surface area contributed by atoms with Crippen LogP contribution in [0.5, 0.6) is 0 Å². The topological polar surface area (TPSA) is 52.6 Å². The fourth-order valence-corrected chi connectivity index (χ4v) is 3.55. The number of carboxylic acid groups (broad SMARTS) is 1. The third-order valence-electron chi connectivity index (χ3n) is 5.33. The Morgan fingerprint density at radius 2 is 1.69 bits per heavy atom. The van der Waals surface area contributed by atoms with Crippen molar-refractivity contribution >= 4 is 11.7 Å². The van der Waals surface area contributed by atoms with Gasteiger partial charge in [-0.1, -0.05) is 56.3 Å². The van der Waals surface area contributed by atoms with Gasteiger partial charge in [0, 0.05) is 25.3 Å². The minimum Gasteiger partial charge on any atom is -0.480 e. The molecule has 1 heterocycles. The molecule has 26 heavy (non-hydrogen) atoms. The Bertz CT molecular complexity index is 718. The third-order valence-corrected chi connectivity index (χ3v) is 5.33. The molecule has 0 saturated carbocycles. The molecule has 1 aliphatic rings. The highest BCUT2D eigenvalue weighted by molar-refractivity contribution is 5.83. The lowest BCUT2D eigenvalue weighted by Gasteiger charge is -2.40. The summed E-state index contributed by atoms with van der Waals surface area (Å²) >= 11 is 0. The normalized spacial score (nSPS) is 17.2. The van der Waals surface area contributed by atoms with E-state index in [1.165, 1.54) is 11.1 Å². The molecule has 0 spiro atoms. The van der Waals surface area contributed by atoms with E-state index in [2.05, 4.69) is 48.3 Å². The summed E-state index contributed by atoms with van der Waals surface area (Å²) in [4.78, 5) is 14.4. The van der Waals surface area contributed by atoms with E-state index in [0.717, 1.165) is 25.3 Å². The lowest BCUT2D eigenvalue weighted by atomic mass is 9.86. The van der Waals surface area contributed by atoms with Crippen molar-refractivity contribution in [3.05, 3.63) is 65.7 Å². The molecule has 0 aliphatic carbocycles. The van der Waals surface area contributed by atoms with Crippen molar-refractivity contribution < 1.29 is 9.90 Å². The number of benzene rings is 2. The van der Waals surface area contributed by atoms with Crippen molar-refractivity contribution in [2.45, 2.75) is 44.7 Å². The minimum atomic E-state index is -0.882. The molecule has 1 aliphatic heterocycles. The van der Waals surface area contributed by atoms with Crippen molar-refractivity contribution in [3.8, 4) is 0 Å². The maximum absolute atomic E-state index is 12.0. The van der Waals surface area contributed by atoms with Crippen LogP contribution in [0.1, 0.15) is 43.7 Å². The van der Waals surface area contributed by atoms with Crippen LogP contribution in [0.3, 0.4) is 0 Å². The molecule has 2 N–H and O–H groups in total. The SMILES string of the molecule is CC(C)c1ccc(NC2(C(=O)O)CCN(Cc3ccccc3)CC2)cc1. The predicted molar refractivity (Wildman–Crippen MR) is 105 cm³/mol. The Morgan fingerprint density at radius 3 is 2.23 bits per heavy atom. The van der Waals surface area contributed by atoms with E-state index in [0.29, 0.717) is 18.8 Å². The Hall–Kier alpha value is -2.33. The largest absolute Gasteiger partial charge is 0.480 e. The summed E-state index contributed by atoms with van der Waals surface area (Å²) in [6, 6.07) is 18.5. The Balaban J connectivity index is 1.65. The van der Waals surface area contributed by atoms with E-state index in [4.69, 9.17) is 0 Å². The second kappa shape index (κ2) is 7.92. The first-order valence-electron chi connectivity index (χ1n) is 9.36. The number of nitrogens with one attached hydrogen (secondary N) is 1. The summed E-state index contributed by atoms with van der Waals surface area (Å²) in [6.07, 6.45) is 1.20. The van der Waals surface area contributed by atoms with Crippen LogP contribution in [0.25, 0.3) is 0 Å². The van der Waals surface area contributed by atoms with Gasteiger partial charge in [0.15, 0.2) is 0 Å². The fourth-order valence-electron chi connectivity index (χ4n) is 3.55. The van der Waals surface area contributed by atoms with Gasteiger partial charge in [-0.2, -0.15) is 0 Å². The zero-order chi connectivity index (χ0) is 18.6. The lowest BCUT2D eigenvalue weighted by molar-refractivity contribution is -0.144. The van der Waals surface area contributed by atoms with Crippen molar-refractivity contribution in [2.24, 2.45) is 0 Å². The number of carboxylic acids is 1. The van der Waals surface area contributed by atoms with Gasteiger partial charge in [-0.15, -0.1) is 0 Å². The number of piperidine rings is 1. The number of hydrogen-bond acceptors (Lipinski definition) is 3. The zero-order valence-corrected chi connectivity index (χ0v) is 15.6. The highest BCUT2D eigenvalue weighted by atomic mass is 16.4. The molecule has 138 valence electrons. The fraction of sp³-hybridized carbons (Fsp3) is 0.409. The van der Waals surface area contributed by atoms with E-state index < -0.39 is 11.5 Å². The van der Waals surface area contributed by atoms with Gasteiger partial charge in [-0.3, -0.25) is 4.90 Å². The van der Waals surface area contributed by atoms with Crippen LogP contribution < -0.4 is 5.32 Å². The van der Waals surface area contributed by atoms with Gasteiger partial charge in [0.2, 0.25) is 0 Å². The summed E-state index contributed by atoms with van der Waals surface area (Å²) in [5, 5.41) is 13.2. The highest BCUT2D eigenvalue weighted by Gasteiger charge is 2.41. The maximum Gasteiger partial charge on any atom is 0.329 e. The molecule has 4 nitrogen and oxygen atoms in total. The molecule has 3 rings (SSSR count). The van der Waals surface area contributed by atoms with Gasteiger partial charge in [-0.05, 0) is 42.0 Å². The van der Waals surface area contributed by atoms with Gasteiger partial charge < -0.3 is 10.4 Å². The summed E-state index contributed by atoms with van der Waals surface area (Å²) in [6.45, 7) is 6.74. The Kier molecular flexibility index (Phi) is 5.62. The molecule has 0 amide bonds. The van der Waals surface area contributed by atoms with Crippen LogP contribution in [0, 0.1) is 0 Å². The van der Waals surface area contributed by atoms with Gasteiger partial charge in [0.05, 0.1) is 0 Å². The Labute approximate surface area is 155 Å². The number of anilines is 1. The molecule has 1 saturated heterocycles. The molecule has 0 unspecified atom stereocenters. The van der Waals surface area contributed by atoms with Crippen molar-refractivity contribution in [3.63, 3.8) is 0 Å². The standard InChI is InChI=1S/C22H28N2O2/c1-17(2)19-8-10-20(11-9-19)23-22(21(25)26)12-14-24(15-13-22)16-18-6-4-3-5-7-18/h3-11,17,23H,12-16H2,1-2H3,(H,25,26). The lowest BCUT2D eigenvalue weighted by Crippen LogP contribution is -2.54. The van der Waals surface area contributed by atoms with E-state index >= 15 is 0 Å². The molecule has 0 bridgehead atoms. The number of hydrogen-bond donors (Lipinski definition) is 2. The summed E-state index contributed by atoms with van der Waals surface area (Å²) in [7, 11) is 0. The smallest absolute Gasteiger partial charge is 0.329 e. The molecule has 2 aromatic rings. The van der Waals surface area contributed by atoms with Crippen molar-refractivity contribution in [1.29, 1.82) is 0 Å². The van der Waals surface area contributed by atoms with Crippen LogP contribution in [0.15, 0.2) is 54.6 Å². The molecule has 2 aromatic carbocycles. The van der Waals surface area contributed by atoms with E-state index in [1.54, 1.807) is 0 Å². The van der Waals surface area contributed by atoms with Crippen molar-refractivity contribution in [1.82, 2.24) is 4.90 Å². The predicted octanol–water partition coefficient (Wildman–Crippen LogP) is 4.34. The molecular weight excluding hydrogens is 324 g/mol. The number of rotatable bonds is 6. The average Bonchev–Trinajstić information content (AvgIpc) is 2.64. The molecule has 0 atom stereocenters. The second-order valence-electron chi connectivity index (χ2n) is 7.55. The average molecular weight is 352 g/mol. The minimum absolute atomic E-state index is 0.471. The number of aliphatic carboxylic acids is 1. The van der Waals surface area contributed by atoms with Crippen LogP contribution in [-0.2, 0) is 11.3 Å². The molecule has 1 fully saturated rings. The zero-order valence-electron chi connectivity index (χ0n) is 15.6. The monoisotopic (exact) mass is 352 g/mol. The van der Waals surface area contributed by atoms with Crippen LogP contribution in [-0.4, -0.2) is 34.6 Å². The summed E-state index contributed by atoms with van der Waals surface area (Å²) < 4.78 is 0. The molecule has 0 radical (unpaired) electrons. The first-order chi connectivity index (χ1) is 12.5. The number of carbonyl (C=O) groups is 1. The summed E-state index contributed by atoms with van der Waals surface area (Å²) in [5.41, 5.74) is 2.53. The van der Waals surface area contributed by atoms with Crippen LogP contribution >= 0.6 is 0 Å². The van der Waals surface area contributed by atoms with Gasteiger partial charge in [0.1, 0.15) is 5.54 Å². The van der Waals surface area contributed by atoms with Gasteiger partial charge in [0.25, 0.3) is 0 Å². The maximum atomic E-state index is 12.0. The van der Waals surface area contributed by atoms with Gasteiger partial charge in [-0.25, -0.2) is 4.79 Å². The van der Waals surface area contributed by atoms with E-state index in [9.17, 15) is 9.90 Å². The molecular formula is C22H28N2O2. The van der Waals surface area contributed by atoms with Gasteiger partial charge >= 0.3 is 5.97 Å². The highest BCUT2D eigenvalue weighted by Crippen LogP contribution is 2.29. The Morgan fingerprint density at radius 1 is 1.08 bits per heavy atom. The number of nitrogens with zero attached hydrogens (tertiary/aromatic N) is 1. The quantitative estimate of drug-likeness (QED) is 0.812. The third kappa shape index (κ3) is 4.25. The number of likely N-dealkylation sites (tertiary alicyclic amines) is 1. The first-order valence-corrected chi connectivity index (χ1v) is 9.36. The van der Waals surface area contributed by atoms with Crippen molar-refractivity contribution in [2.75, 3.05) is 18.4 Å². The first kappa shape index (κ1) is 18.5.